The van der Waals surface area contributed by atoms with E-state index in [1.165, 1.54) is 0 Å². The van der Waals surface area contributed by atoms with Crippen molar-refractivity contribution in [2.24, 2.45) is 0 Å². The number of hydrogen-bond acceptors (Lipinski definition) is 3. The number of anilines is 1. The SMILES string of the molecule is COc1ccc(NC(CC#N)c2ccccc2)c(C)c1. The van der Waals surface area contributed by atoms with Crippen molar-refractivity contribution in [2.45, 2.75) is 19.4 Å². The summed E-state index contributed by atoms with van der Waals surface area (Å²) in [5.74, 6) is 0.838. The molecule has 1 unspecified atom stereocenters. The van der Waals surface area contributed by atoms with Crippen molar-refractivity contribution in [3.05, 3.63) is 59.7 Å². The van der Waals surface area contributed by atoms with Crippen LogP contribution in [0.5, 0.6) is 5.75 Å². The second-order valence-corrected chi connectivity index (χ2v) is 4.65. The summed E-state index contributed by atoms with van der Waals surface area (Å²) in [6, 6.07) is 18.2. The van der Waals surface area contributed by atoms with Crippen LogP contribution in [0.15, 0.2) is 48.5 Å². The number of ether oxygens (including phenoxy) is 1. The Kier molecular flexibility index (Phi) is 4.62. The van der Waals surface area contributed by atoms with E-state index in [0.29, 0.717) is 6.42 Å². The first-order valence-corrected chi connectivity index (χ1v) is 6.57. The van der Waals surface area contributed by atoms with Crippen LogP contribution in [0.2, 0.25) is 0 Å². The van der Waals surface area contributed by atoms with E-state index in [1.54, 1.807) is 7.11 Å². The predicted octanol–water partition coefficient (Wildman–Crippen LogP) is 4.07. The van der Waals surface area contributed by atoms with Crippen LogP contribution in [-0.2, 0) is 0 Å². The Labute approximate surface area is 119 Å². The first kappa shape index (κ1) is 14.0. The van der Waals surface area contributed by atoms with E-state index in [9.17, 15) is 0 Å². The second kappa shape index (κ2) is 6.63. The van der Waals surface area contributed by atoms with Gasteiger partial charge in [0.2, 0.25) is 0 Å². The molecule has 2 rings (SSSR count). The van der Waals surface area contributed by atoms with E-state index in [2.05, 4.69) is 11.4 Å². The fraction of sp³-hybridized carbons (Fsp3) is 0.235. The Balaban J connectivity index is 2.23. The van der Waals surface area contributed by atoms with Crippen molar-refractivity contribution in [2.75, 3.05) is 12.4 Å². The lowest BCUT2D eigenvalue weighted by atomic mass is 10.0. The van der Waals surface area contributed by atoms with Crippen molar-refractivity contribution >= 4 is 5.69 Å². The van der Waals surface area contributed by atoms with Gasteiger partial charge in [0.15, 0.2) is 0 Å². The van der Waals surface area contributed by atoms with Gasteiger partial charge in [-0.2, -0.15) is 5.26 Å². The second-order valence-electron chi connectivity index (χ2n) is 4.65. The molecule has 3 heteroatoms. The van der Waals surface area contributed by atoms with Gasteiger partial charge in [0.05, 0.1) is 25.6 Å². The maximum absolute atomic E-state index is 9.02. The minimum Gasteiger partial charge on any atom is -0.497 e. The number of nitriles is 1. The first-order valence-electron chi connectivity index (χ1n) is 6.57. The average Bonchev–Trinajstić information content (AvgIpc) is 2.49. The van der Waals surface area contributed by atoms with E-state index in [0.717, 1.165) is 22.6 Å². The van der Waals surface area contributed by atoms with Crippen molar-refractivity contribution in [1.29, 1.82) is 5.26 Å². The van der Waals surface area contributed by atoms with Gasteiger partial charge in [0, 0.05) is 5.69 Å². The highest BCUT2D eigenvalue weighted by atomic mass is 16.5. The molecule has 0 aliphatic rings. The molecule has 0 spiro atoms. The average molecular weight is 266 g/mol. The molecule has 0 aromatic heterocycles. The molecule has 0 aliphatic heterocycles. The quantitative estimate of drug-likeness (QED) is 0.887. The van der Waals surface area contributed by atoms with Gasteiger partial charge >= 0.3 is 0 Å². The fourth-order valence-electron chi connectivity index (χ4n) is 2.14. The van der Waals surface area contributed by atoms with Crippen LogP contribution in [0, 0.1) is 18.3 Å². The molecule has 20 heavy (non-hydrogen) atoms. The van der Waals surface area contributed by atoms with Crippen molar-refractivity contribution in [3.8, 4) is 11.8 Å². The smallest absolute Gasteiger partial charge is 0.119 e. The molecule has 0 radical (unpaired) electrons. The highest BCUT2D eigenvalue weighted by molar-refractivity contribution is 5.55. The minimum atomic E-state index is -0.00621. The lowest BCUT2D eigenvalue weighted by Crippen LogP contribution is -2.11. The molecule has 2 aromatic carbocycles. The van der Waals surface area contributed by atoms with Crippen molar-refractivity contribution < 1.29 is 4.74 Å². The summed E-state index contributed by atoms with van der Waals surface area (Å²) in [6.45, 7) is 2.03. The van der Waals surface area contributed by atoms with Gasteiger partial charge in [0.25, 0.3) is 0 Å². The lowest BCUT2D eigenvalue weighted by Gasteiger charge is -2.19. The third kappa shape index (κ3) is 3.30. The molecule has 0 bridgehead atoms. The largest absolute Gasteiger partial charge is 0.497 e. The topological polar surface area (TPSA) is 45.0 Å². The van der Waals surface area contributed by atoms with Gasteiger partial charge in [0.1, 0.15) is 5.75 Å². The van der Waals surface area contributed by atoms with Crippen molar-refractivity contribution in [3.63, 3.8) is 0 Å². The summed E-state index contributed by atoms with van der Waals surface area (Å²) in [6.07, 6.45) is 0.426. The molecule has 0 fully saturated rings. The maximum Gasteiger partial charge on any atom is 0.119 e. The molecule has 0 aliphatic carbocycles. The normalized spacial score (nSPS) is 11.4. The Morgan fingerprint density at radius 2 is 1.95 bits per heavy atom. The summed E-state index contributed by atoms with van der Waals surface area (Å²) < 4.78 is 5.21. The van der Waals surface area contributed by atoms with Crippen LogP contribution in [0.3, 0.4) is 0 Å². The van der Waals surface area contributed by atoms with Crippen LogP contribution in [0.1, 0.15) is 23.6 Å². The zero-order chi connectivity index (χ0) is 14.4. The van der Waals surface area contributed by atoms with E-state index in [1.807, 2.05) is 55.5 Å². The molecule has 0 saturated heterocycles. The van der Waals surface area contributed by atoms with Crippen LogP contribution in [0.25, 0.3) is 0 Å². The van der Waals surface area contributed by atoms with E-state index >= 15 is 0 Å². The Morgan fingerprint density at radius 3 is 2.55 bits per heavy atom. The zero-order valence-corrected chi connectivity index (χ0v) is 11.8. The van der Waals surface area contributed by atoms with Crippen LogP contribution >= 0.6 is 0 Å². The summed E-state index contributed by atoms with van der Waals surface area (Å²) in [4.78, 5) is 0. The van der Waals surface area contributed by atoms with Gasteiger partial charge in [-0.15, -0.1) is 0 Å². The molecule has 0 heterocycles. The molecule has 1 atom stereocenters. The van der Waals surface area contributed by atoms with Crippen LogP contribution in [-0.4, -0.2) is 7.11 Å². The van der Waals surface area contributed by atoms with E-state index in [4.69, 9.17) is 10.00 Å². The van der Waals surface area contributed by atoms with E-state index < -0.39 is 0 Å². The van der Waals surface area contributed by atoms with Crippen LogP contribution < -0.4 is 10.1 Å². The third-order valence-electron chi connectivity index (χ3n) is 3.26. The number of rotatable bonds is 5. The molecule has 0 saturated carbocycles. The number of benzene rings is 2. The Bertz CT molecular complexity index is 602. The summed E-state index contributed by atoms with van der Waals surface area (Å²) >= 11 is 0. The number of hydrogen-bond donors (Lipinski definition) is 1. The first-order chi connectivity index (χ1) is 9.74. The number of aryl methyl sites for hydroxylation is 1. The minimum absolute atomic E-state index is 0.00621. The molecule has 1 N–H and O–H groups in total. The number of nitrogens with one attached hydrogen (secondary N) is 1. The number of nitrogens with zero attached hydrogens (tertiary/aromatic N) is 1. The standard InChI is InChI=1S/C17H18N2O/c1-13-12-15(20-2)8-9-16(13)19-17(10-11-18)14-6-4-3-5-7-14/h3-9,12,17,19H,10H2,1-2H3. The lowest BCUT2D eigenvalue weighted by molar-refractivity contribution is 0.414. The molecular formula is C17H18N2O. The maximum atomic E-state index is 9.02. The third-order valence-corrected chi connectivity index (χ3v) is 3.26. The van der Waals surface area contributed by atoms with Gasteiger partial charge in [-0.25, -0.2) is 0 Å². The predicted molar refractivity (Wildman–Crippen MR) is 80.8 cm³/mol. The molecule has 102 valence electrons. The van der Waals surface area contributed by atoms with Gasteiger partial charge in [-0.3, -0.25) is 0 Å². The molecule has 3 nitrogen and oxygen atoms in total. The van der Waals surface area contributed by atoms with Gasteiger partial charge in [-0.1, -0.05) is 30.3 Å². The number of methoxy groups -OCH3 is 1. The molecular weight excluding hydrogens is 248 g/mol. The summed E-state index contributed by atoms with van der Waals surface area (Å²) in [7, 11) is 1.66. The van der Waals surface area contributed by atoms with E-state index in [-0.39, 0.29) is 6.04 Å². The zero-order valence-electron chi connectivity index (χ0n) is 11.8. The van der Waals surface area contributed by atoms with Gasteiger partial charge < -0.3 is 10.1 Å². The van der Waals surface area contributed by atoms with Gasteiger partial charge in [-0.05, 0) is 36.2 Å². The summed E-state index contributed by atoms with van der Waals surface area (Å²) in [5, 5.41) is 12.5. The summed E-state index contributed by atoms with van der Waals surface area (Å²) in [5.41, 5.74) is 3.24. The highest BCUT2D eigenvalue weighted by Gasteiger charge is 2.12. The Morgan fingerprint density at radius 1 is 1.20 bits per heavy atom. The highest BCUT2D eigenvalue weighted by Crippen LogP contribution is 2.27. The molecule has 2 aromatic rings. The van der Waals surface area contributed by atoms with Crippen molar-refractivity contribution in [1.82, 2.24) is 0 Å². The molecule has 0 amide bonds. The monoisotopic (exact) mass is 266 g/mol. The Hall–Kier alpha value is -2.47. The van der Waals surface area contributed by atoms with Crippen LogP contribution in [0.4, 0.5) is 5.69 Å². The fourth-order valence-corrected chi connectivity index (χ4v) is 2.14.